The Hall–Kier alpha value is -2.44. The third-order valence-electron chi connectivity index (χ3n) is 2.01. The zero-order chi connectivity index (χ0) is 12.3. The van der Waals surface area contributed by atoms with Gasteiger partial charge in [-0.05, 0) is 12.1 Å². The van der Waals surface area contributed by atoms with E-state index in [1.54, 1.807) is 13.0 Å². The van der Waals surface area contributed by atoms with Crippen LogP contribution in [-0.4, -0.2) is 26.2 Å². The van der Waals surface area contributed by atoms with Crippen LogP contribution in [0.5, 0.6) is 0 Å². The maximum absolute atomic E-state index is 10.6. The number of nitrogens with one attached hydrogen (secondary N) is 1. The van der Waals surface area contributed by atoms with Crippen LogP contribution in [0.3, 0.4) is 0 Å². The predicted octanol–water partition coefficient (Wildman–Crippen LogP) is 1.08. The summed E-state index contributed by atoms with van der Waals surface area (Å²) in [6.07, 6.45) is 1.28. The number of rotatable bonds is 4. The van der Waals surface area contributed by atoms with Gasteiger partial charge in [0.2, 0.25) is 5.89 Å². The molecule has 7 heteroatoms. The van der Waals surface area contributed by atoms with E-state index < -0.39 is 5.97 Å². The summed E-state index contributed by atoms with van der Waals surface area (Å²) in [6, 6.07) is 3.05. The van der Waals surface area contributed by atoms with Crippen LogP contribution in [0.1, 0.15) is 22.1 Å². The summed E-state index contributed by atoms with van der Waals surface area (Å²) in [6.45, 7) is 2.08. The molecule has 0 radical (unpaired) electrons. The van der Waals surface area contributed by atoms with Crippen molar-refractivity contribution in [3.63, 3.8) is 0 Å². The largest absolute Gasteiger partial charge is 0.478 e. The van der Waals surface area contributed by atoms with E-state index >= 15 is 0 Å². The molecule has 0 saturated heterocycles. The predicted molar refractivity (Wildman–Crippen MR) is 57.6 cm³/mol. The Kier molecular flexibility index (Phi) is 2.99. The second-order valence-electron chi connectivity index (χ2n) is 3.32. The van der Waals surface area contributed by atoms with Gasteiger partial charge in [0.25, 0.3) is 0 Å². The number of carboxylic acid groups (broad SMARTS) is 1. The minimum Gasteiger partial charge on any atom is -0.478 e. The van der Waals surface area contributed by atoms with E-state index in [9.17, 15) is 4.79 Å². The molecule has 2 aromatic heterocycles. The first kappa shape index (κ1) is 11.1. The van der Waals surface area contributed by atoms with Crippen LogP contribution in [0.15, 0.2) is 22.9 Å². The van der Waals surface area contributed by atoms with Crippen LogP contribution < -0.4 is 5.32 Å². The summed E-state index contributed by atoms with van der Waals surface area (Å²) in [5.41, 5.74) is 0.144. The first-order valence-electron chi connectivity index (χ1n) is 4.87. The van der Waals surface area contributed by atoms with Crippen molar-refractivity contribution in [1.29, 1.82) is 0 Å². The molecule has 2 heterocycles. The molecule has 2 aromatic rings. The van der Waals surface area contributed by atoms with Gasteiger partial charge in [0.15, 0.2) is 5.82 Å². The SMILES string of the molecule is Cc1nc(CNc2ccc(C(=O)O)cn2)no1. The fraction of sp³-hybridized carbons (Fsp3) is 0.200. The Balaban J connectivity index is 1.97. The molecule has 17 heavy (non-hydrogen) atoms. The van der Waals surface area contributed by atoms with Gasteiger partial charge >= 0.3 is 5.97 Å². The van der Waals surface area contributed by atoms with Crippen molar-refractivity contribution in [3.8, 4) is 0 Å². The molecule has 0 aliphatic carbocycles. The van der Waals surface area contributed by atoms with Gasteiger partial charge in [-0.3, -0.25) is 0 Å². The lowest BCUT2D eigenvalue weighted by Gasteiger charge is -2.02. The Bertz CT molecular complexity index is 521. The molecule has 0 saturated carbocycles. The highest BCUT2D eigenvalue weighted by Crippen LogP contribution is 2.06. The average molecular weight is 234 g/mol. The lowest BCUT2D eigenvalue weighted by molar-refractivity contribution is 0.0696. The lowest BCUT2D eigenvalue weighted by atomic mass is 10.3. The first-order chi connectivity index (χ1) is 8.15. The van der Waals surface area contributed by atoms with Gasteiger partial charge < -0.3 is 14.9 Å². The quantitative estimate of drug-likeness (QED) is 0.816. The maximum atomic E-state index is 10.6. The van der Waals surface area contributed by atoms with Crippen molar-refractivity contribution in [2.45, 2.75) is 13.5 Å². The van der Waals surface area contributed by atoms with Gasteiger partial charge in [-0.15, -0.1) is 0 Å². The molecule has 0 aromatic carbocycles. The van der Waals surface area contributed by atoms with Crippen LogP contribution >= 0.6 is 0 Å². The lowest BCUT2D eigenvalue weighted by Crippen LogP contribution is -2.04. The highest BCUT2D eigenvalue weighted by atomic mass is 16.5. The van der Waals surface area contributed by atoms with Gasteiger partial charge in [0.05, 0.1) is 12.1 Å². The molecule has 0 spiro atoms. The molecule has 0 bridgehead atoms. The number of carboxylic acids is 1. The summed E-state index contributed by atoms with van der Waals surface area (Å²) in [5.74, 6) is 0.567. The fourth-order valence-corrected chi connectivity index (χ4v) is 1.21. The van der Waals surface area contributed by atoms with E-state index in [1.165, 1.54) is 12.3 Å². The second kappa shape index (κ2) is 4.60. The highest BCUT2D eigenvalue weighted by Gasteiger charge is 2.04. The van der Waals surface area contributed by atoms with Crippen LogP contribution in [0.4, 0.5) is 5.82 Å². The number of nitrogens with zero attached hydrogens (tertiary/aromatic N) is 3. The standard InChI is InChI=1S/C10H10N4O3/c1-6-13-9(14-17-6)5-12-8-3-2-7(4-11-8)10(15)16/h2-4H,5H2,1H3,(H,11,12)(H,15,16). The second-order valence-corrected chi connectivity index (χ2v) is 3.32. The average Bonchev–Trinajstić information content (AvgIpc) is 2.73. The fourth-order valence-electron chi connectivity index (χ4n) is 1.21. The van der Waals surface area contributed by atoms with Crippen LogP contribution in [0.25, 0.3) is 0 Å². The number of carbonyl (C=O) groups is 1. The zero-order valence-electron chi connectivity index (χ0n) is 9.04. The molecule has 0 amide bonds. The van der Waals surface area contributed by atoms with E-state index in [1.807, 2.05) is 0 Å². The van der Waals surface area contributed by atoms with Crippen LogP contribution in [0, 0.1) is 6.92 Å². The Labute approximate surface area is 96.5 Å². The Morgan fingerprint density at radius 3 is 2.88 bits per heavy atom. The molecule has 2 rings (SSSR count). The third kappa shape index (κ3) is 2.77. The van der Waals surface area contributed by atoms with Gasteiger partial charge in [-0.2, -0.15) is 4.98 Å². The normalized spacial score (nSPS) is 10.2. The molecule has 0 aliphatic rings. The van der Waals surface area contributed by atoms with Crippen molar-refractivity contribution in [3.05, 3.63) is 35.6 Å². The summed E-state index contributed by atoms with van der Waals surface area (Å²) in [5, 5.41) is 15.4. The summed E-state index contributed by atoms with van der Waals surface area (Å²) in [4.78, 5) is 18.6. The summed E-state index contributed by atoms with van der Waals surface area (Å²) in [7, 11) is 0. The number of aryl methyl sites for hydroxylation is 1. The van der Waals surface area contributed by atoms with Gasteiger partial charge in [0.1, 0.15) is 5.82 Å². The summed E-state index contributed by atoms with van der Waals surface area (Å²) >= 11 is 0. The Morgan fingerprint density at radius 1 is 1.53 bits per heavy atom. The molecule has 7 nitrogen and oxygen atoms in total. The van der Waals surface area contributed by atoms with Crippen molar-refractivity contribution < 1.29 is 14.4 Å². The van der Waals surface area contributed by atoms with E-state index in [2.05, 4.69) is 20.4 Å². The van der Waals surface area contributed by atoms with Gasteiger partial charge in [-0.25, -0.2) is 9.78 Å². The molecule has 0 unspecified atom stereocenters. The zero-order valence-corrected chi connectivity index (χ0v) is 9.04. The monoisotopic (exact) mass is 234 g/mol. The smallest absolute Gasteiger partial charge is 0.337 e. The van der Waals surface area contributed by atoms with Crippen molar-refractivity contribution in [2.75, 3.05) is 5.32 Å². The molecule has 0 aliphatic heterocycles. The number of aromatic carboxylic acids is 1. The summed E-state index contributed by atoms with van der Waals surface area (Å²) < 4.78 is 4.80. The van der Waals surface area contributed by atoms with E-state index in [-0.39, 0.29) is 5.56 Å². The number of hydrogen-bond donors (Lipinski definition) is 2. The van der Waals surface area contributed by atoms with Crippen molar-refractivity contribution in [1.82, 2.24) is 15.1 Å². The van der Waals surface area contributed by atoms with E-state index in [0.717, 1.165) is 0 Å². The molecule has 0 fully saturated rings. The minimum absolute atomic E-state index is 0.144. The Morgan fingerprint density at radius 2 is 2.35 bits per heavy atom. The van der Waals surface area contributed by atoms with Crippen molar-refractivity contribution in [2.24, 2.45) is 0 Å². The number of hydrogen-bond acceptors (Lipinski definition) is 6. The molecular weight excluding hydrogens is 224 g/mol. The highest BCUT2D eigenvalue weighted by molar-refractivity contribution is 5.87. The minimum atomic E-state index is -1.00. The maximum Gasteiger partial charge on any atom is 0.337 e. The number of pyridine rings is 1. The van der Waals surface area contributed by atoms with Gasteiger partial charge in [0, 0.05) is 13.1 Å². The molecule has 2 N–H and O–H groups in total. The molecule has 0 atom stereocenters. The molecular formula is C10H10N4O3. The van der Waals surface area contributed by atoms with Gasteiger partial charge in [-0.1, -0.05) is 5.16 Å². The third-order valence-corrected chi connectivity index (χ3v) is 2.01. The number of aromatic nitrogens is 3. The van der Waals surface area contributed by atoms with Crippen LogP contribution in [-0.2, 0) is 6.54 Å². The van der Waals surface area contributed by atoms with E-state index in [0.29, 0.717) is 24.1 Å². The molecule has 88 valence electrons. The van der Waals surface area contributed by atoms with E-state index in [4.69, 9.17) is 9.63 Å². The first-order valence-corrected chi connectivity index (χ1v) is 4.87. The van der Waals surface area contributed by atoms with Crippen LogP contribution in [0.2, 0.25) is 0 Å². The topological polar surface area (TPSA) is 101 Å². The number of anilines is 1. The van der Waals surface area contributed by atoms with Crippen molar-refractivity contribution >= 4 is 11.8 Å².